The number of ether oxygens (including phenoxy) is 3. The van der Waals surface area contributed by atoms with Gasteiger partial charge in [0.15, 0.2) is 0 Å². The molecule has 0 aliphatic carbocycles. The Bertz CT molecular complexity index is 374. The van der Waals surface area contributed by atoms with Gasteiger partial charge in [0.05, 0.1) is 27.4 Å². The smallest absolute Gasteiger partial charge is 0.124 e. The van der Waals surface area contributed by atoms with Gasteiger partial charge in [0.1, 0.15) is 11.5 Å². The monoisotopic (exact) mass is 222 g/mol. The molecular weight excluding hydrogens is 204 g/mol. The van der Waals surface area contributed by atoms with Crippen LogP contribution in [-0.4, -0.2) is 20.8 Å². The van der Waals surface area contributed by atoms with Crippen molar-refractivity contribution in [1.82, 2.24) is 0 Å². The Hall–Kier alpha value is -1.22. The second-order valence-electron chi connectivity index (χ2n) is 3.98. The van der Waals surface area contributed by atoms with Crippen LogP contribution in [0.5, 0.6) is 11.5 Å². The van der Waals surface area contributed by atoms with Crippen LogP contribution in [0.1, 0.15) is 30.4 Å². The summed E-state index contributed by atoms with van der Waals surface area (Å²) >= 11 is 0. The molecular formula is C13H18O3. The first-order valence-corrected chi connectivity index (χ1v) is 5.63. The van der Waals surface area contributed by atoms with Gasteiger partial charge in [-0.05, 0) is 18.6 Å². The molecule has 0 N–H and O–H groups in total. The number of rotatable bonds is 3. The van der Waals surface area contributed by atoms with Crippen LogP contribution in [0.4, 0.5) is 0 Å². The highest BCUT2D eigenvalue weighted by Crippen LogP contribution is 2.40. The van der Waals surface area contributed by atoms with Gasteiger partial charge >= 0.3 is 0 Å². The van der Waals surface area contributed by atoms with Gasteiger partial charge in [-0.15, -0.1) is 0 Å². The SMILES string of the molecule is CCC1COCc2c(OC)ccc(OC)c21. The molecule has 1 aliphatic rings. The van der Waals surface area contributed by atoms with Crippen molar-refractivity contribution < 1.29 is 14.2 Å². The summed E-state index contributed by atoms with van der Waals surface area (Å²) in [4.78, 5) is 0. The van der Waals surface area contributed by atoms with E-state index in [2.05, 4.69) is 6.92 Å². The lowest BCUT2D eigenvalue weighted by Crippen LogP contribution is -2.18. The molecule has 0 fully saturated rings. The van der Waals surface area contributed by atoms with Crippen molar-refractivity contribution in [3.8, 4) is 11.5 Å². The Labute approximate surface area is 96.3 Å². The molecule has 0 aromatic heterocycles. The molecule has 0 saturated carbocycles. The predicted octanol–water partition coefficient (Wildman–Crippen LogP) is 2.73. The molecule has 16 heavy (non-hydrogen) atoms. The number of hydrogen-bond donors (Lipinski definition) is 0. The van der Waals surface area contributed by atoms with E-state index in [1.807, 2.05) is 12.1 Å². The molecule has 0 bridgehead atoms. The molecule has 3 heteroatoms. The Morgan fingerprint density at radius 1 is 1.25 bits per heavy atom. The Morgan fingerprint density at radius 2 is 1.94 bits per heavy atom. The normalized spacial score (nSPS) is 19.1. The summed E-state index contributed by atoms with van der Waals surface area (Å²) in [5.41, 5.74) is 2.40. The molecule has 1 atom stereocenters. The molecule has 3 nitrogen and oxygen atoms in total. The van der Waals surface area contributed by atoms with E-state index < -0.39 is 0 Å². The first-order valence-electron chi connectivity index (χ1n) is 5.63. The van der Waals surface area contributed by atoms with Crippen LogP contribution in [0.3, 0.4) is 0 Å². The standard InChI is InChI=1S/C13H18O3/c1-4-9-7-16-8-10-11(14-2)5-6-12(15-3)13(9)10/h5-6,9H,4,7-8H2,1-3H3. The molecule has 1 unspecified atom stereocenters. The summed E-state index contributed by atoms with van der Waals surface area (Å²) in [5.74, 6) is 2.26. The lowest BCUT2D eigenvalue weighted by molar-refractivity contribution is 0.0865. The lowest BCUT2D eigenvalue weighted by Gasteiger charge is -2.28. The van der Waals surface area contributed by atoms with E-state index >= 15 is 0 Å². The highest BCUT2D eigenvalue weighted by Gasteiger charge is 2.25. The van der Waals surface area contributed by atoms with Crippen LogP contribution < -0.4 is 9.47 Å². The summed E-state index contributed by atoms with van der Waals surface area (Å²) in [6, 6.07) is 3.92. The maximum absolute atomic E-state index is 5.61. The average Bonchev–Trinajstić information content (AvgIpc) is 2.36. The van der Waals surface area contributed by atoms with Crippen LogP contribution in [-0.2, 0) is 11.3 Å². The number of fused-ring (bicyclic) bond motifs is 1. The first-order chi connectivity index (χ1) is 7.81. The van der Waals surface area contributed by atoms with E-state index in [0.29, 0.717) is 12.5 Å². The molecule has 88 valence electrons. The number of benzene rings is 1. The van der Waals surface area contributed by atoms with E-state index in [9.17, 15) is 0 Å². The van der Waals surface area contributed by atoms with Gasteiger partial charge in [0.2, 0.25) is 0 Å². The summed E-state index contributed by atoms with van der Waals surface area (Å²) in [6.45, 7) is 3.56. The first kappa shape index (κ1) is 11.3. The fraction of sp³-hybridized carbons (Fsp3) is 0.538. The second kappa shape index (κ2) is 4.74. The third kappa shape index (κ3) is 1.76. The van der Waals surface area contributed by atoms with E-state index in [0.717, 1.165) is 30.1 Å². The summed E-state index contributed by atoms with van der Waals surface area (Å²) < 4.78 is 16.4. The lowest BCUT2D eigenvalue weighted by atomic mass is 9.89. The fourth-order valence-electron chi connectivity index (χ4n) is 2.30. The van der Waals surface area contributed by atoms with Crippen molar-refractivity contribution in [3.63, 3.8) is 0 Å². The quantitative estimate of drug-likeness (QED) is 0.787. The molecule has 1 heterocycles. The minimum Gasteiger partial charge on any atom is -0.496 e. The molecule has 0 amide bonds. The summed E-state index contributed by atoms with van der Waals surface area (Å²) in [6.07, 6.45) is 1.05. The molecule has 1 aromatic carbocycles. The minimum atomic E-state index is 0.411. The summed E-state index contributed by atoms with van der Waals surface area (Å²) in [5, 5.41) is 0. The Balaban J connectivity index is 2.54. The molecule has 1 aliphatic heterocycles. The molecule has 2 rings (SSSR count). The molecule has 0 spiro atoms. The van der Waals surface area contributed by atoms with Gasteiger partial charge in [0.25, 0.3) is 0 Å². The van der Waals surface area contributed by atoms with Crippen LogP contribution in [0.2, 0.25) is 0 Å². The van der Waals surface area contributed by atoms with Crippen molar-refractivity contribution in [2.75, 3.05) is 20.8 Å². The molecule has 0 radical (unpaired) electrons. The maximum Gasteiger partial charge on any atom is 0.124 e. The third-order valence-electron chi connectivity index (χ3n) is 3.18. The predicted molar refractivity (Wildman–Crippen MR) is 62.2 cm³/mol. The van der Waals surface area contributed by atoms with Gasteiger partial charge < -0.3 is 14.2 Å². The van der Waals surface area contributed by atoms with Crippen LogP contribution in [0.15, 0.2) is 12.1 Å². The summed E-state index contributed by atoms with van der Waals surface area (Å²) in [7, 11) is 3.40. The van der Waals surface area contributed by atoms with E-state index in [1.165, 1.54) is 5.56 Å². The van der Waals surface area contributed by atoms with Gasteiger partial charge in [0, 0.05) is 17.0 Å². The van der Waals surface area contributed by atoms with Gasteiger partial charge in [-0.25, -0.2) is 0 Å². The average molecular weight is 222 g/mol. The highest BCUT2D eigenvalue weighted by atomic mass is 16.5. The van der Waals surface area contributed by atoms with E-state index in [1.54, 1.807) is 14.2 Å². The van der Waals surface area contributed by atoms with E-state index in [-0.39, 0.29) is 0 Å². The highest BCUT2D eigenvalue weighted by molar-refractivity contribution is 5.51. The minimum absolute atomic E-state index is 0.411. The third-order valence-corrected chi connectivity index (χ3v) is 3.18. The molecule has 0 saturated heterocycles. The van der Waals surface area contributed by atoms with Gasteiger partial charge in [-0.1, -0.05) is 6.92 Å². The van der Waals surface area contributed by atoms with Crippen LogP contribution >= 0.6 is 0 Å². The fourth-order valence-corrected chi connectivity index (χ4v) is 2.30. The Kier molecular flexibility index (Phi) is 3.34. The zero-order valence-electron chi connectivity index (χ0n) is 10.1. The van der Waals surface area contributed by atoms with Crippen molar-refractivity contribution in [1.29, 1.82) is 0 Å². The van der Waals surface area contributed by atoms with E-state index in [4.69, 9.17) is 14.2 Å². The zero-order valence-corrected chi connectivity index (χ0v) is 10.1. The molecule has 1 aromatic rings. The second-order valence-corrected chi connectivity index (χ2v) is 3.98. The number of hydrogen-bond acceptors (Lipinski definition) is 3. The van der Waals surface area contributed by atoms with Crippen LogP contribution in [0, 0.1) is 0 Å². The van der Waals surface area contributed by atoms with Crippen LogP contribution in [0.25, 0.3) is 0 Å². The van der Waals surface area contributed by atoms with Crippen molar-refractivity contribution in [3.05, 3.63) is 23.3 Å². The zero-order chi connectivity index (χ0) is 11.5. The number of methoxy groups -OCH3 is 2. The van der Waals surface area contributed by atoms with Crippen molar-refractivity contribution >= 4 is 0 Å². The topological polar surface area (TPSA) is 27.7 Å². The van der Waals surface area contributed by atoms with Crippen molar-refractivity contribution in [2.24, 2.45) is 0 Å². The Morgan fingerprint density at radius 3 is 2.56 bits per heavy atom. The van der Waals surface area contributed by atoms with Crippen molar-refractivity contribution in [2.45, 2.75) is 25.9 Å². The largest absolute Gasteiger partial charge is 0.496 e. The van der Waals surface area contributed by atoms with Gasteiger partial charge in [-0.2, -0.15) is 0 Å². The van der Waals surface area contributed by atoms with Gasteiger partial charge in [-0.3, -0.25) is 0 Å². The maximum atomic E-state index is 5.61.